The highest BCUT2D eigenvalue weighted by Crippen LogP contribution is 2.33. The number of imide groups is 1. The van der Waals surface area contributed by atoms with Gasteiger partial charge in [-0.1, -0.05) is 6.07 Å². The molecule has 1 aromatic rings. The fourth-order valence-electron chi connectivity index (χ4n) is 2.96. The van der Waals surface area contributed by atoms with Crippen LogP contribution in [0.2, 0.25) is 0 Å². The van der Waals surface area contributed by atoms with Crippen LogP contribution < -0.4 is 15.8 Å². The third-order valence-corrected chi connectivity index (χ3v) is 4.15. The van der Waals surface area contributed by atoms with E-state index in [-0.39, 0.29) is 18.2 Å². The van der Waals surface area contributed by atoms with Gasteiger partial charge >= 0.3 is 0 Å². The molecule has 0 aliphatic carbocycles. The summed E-state index contributed by atoms with van der Waals surface area (Å²) in [6.07, 6.45) is 1.33. The van der Waals surface area contributed by atoms with E-state index in [1.165, 1.54) is 4.90 Å². The number of carbonyl (C=O) groups is 3. The van der Waals surface area contributed by atoms with Crippen molar-refractivity contribution in [1.82, 2.24) is 10.2 Å². The lowest BCUT2D eigenvalue weighted by atomic mass is 10.0. The number of amides is 3. The Balaban J connectivity index is 1.80. The maximum atomic E-state index is 12.6. The number of ether oxygens (including phenoxy) is 1. The first-order valence-electron chi connectivity index (χ1n) is 7.71. The molecule has 1 aromatic carbocycles. The average Bonchev–Trinajstić information content (AvgIpc) is 2.86. The van der Waals surface area contributed by atoms with Gasteiger partial charge in [-0.25, -0.2) is 0 Å². The van der Waals surface area contributed by atoms with Gasteiger partial charge in [0.25, 0.3) is 5.91 Å². The highest BCUT2D eigenvalue weighted by atomic mass is 16.5. The molecule has 2 aliphatic heterocycles. The van der Waals surface area contributed by atoms with Gasteiger partial charge in [0.2, 0.25) is 11.8 Å². The van der Waals surface area contributed by atoms with Crippen molar-refractivity contribution in [2.45, 2.75) is 31.8 Å². The number of piperidine rings is 1. The minimum atomic E-state index is -0.607. The summed E-state index contributed by atoms with van der Waals surface area (Å²) < 4.78 is 5.70. The van der Waals surface area contributed by atoms with Gasteiger partial charge in [0, 0.05) is 17.5 Å². The maximum absolute atomic E-state index is 12.6. The Bertz CT molecular complexity index is 659. The summed E-state index contributed by atoms with van der Waals surface area (Å²) in [5.41, 5.74) is 6.81. The molecule has 0 saturated carbocycles. The molecule has 0 bridgehead atoms. The van der Waals surface area contributed by atoms with Crippen LogP contribution in [0.1, 0.15) is 35.2 Å². The molecule has 1 fully saturated rings. The highest BCUT2D eigenvalue weighted by Gasteiger charge is 2.40. The average molecular weight is 317 g/mol. The number of nitrogens with one attached hydrogen (secondary N) is 1. The zero-order valence-corrected chi connectivity index (χ0v) is 12.7. The summed E-state index contributed by atoms with van der Waals surface area (Å²) in [6.45, 7) is 1.34. The van der Waals surface area contributed by atoms with Crippen LogP contribution >= 0.6 is 0 Å². The monoisotopic (exact) mass is 317 g/mol. The summed E-state index contributed by atoms with van der Waals surface area (Å²) in [5.74, 6) is -0.243. The van der Waals surface area contributed by atoms with Crippen LogP contribution in [0.5, 0.6) is 5.75 Å². The number of hydrogen-bond donors (Lipinski definition) is 2. The normalized spacial score (nSPS) is 20.5. The molecule has 1 atom stereocenters. The van der Waals surface area contributed by atoms with Crippen LogP contribution in [0.25, 0.3) is 0 Å². The first-order chi connectivity index (χ1) is 11.1. The van der Waals surface area contributed by atoms with E-state index in [9.17, 15) is 14.4 Å². The van der Waals surface area contributed by atoms with Gasteiger partial charge in [-0.3, -0.25) is 19.7 Å². The van der Waals surface area contributed by atoms with E-state index in [2.05, 4.69) is 5.32 Å². The number of nitrogens with zero attached hydrogens (tertiary/aromatic N) is 1. The van der Waals surface area contributed by atoms with Gasteiger partial charge in [-0.2, -0.15) is 0 Å². The Morgan fingerprint density at radius 3 is 2.87 bits per heavy atom. The summed E-state index contributed by atoms with van der Waals surface area (Å²) >= 11 is 0. The van der Waals surface area contributed by atoms with Crippen molar-refractivity contribution in [3.05, 3.63) is 29.3 Å². The fourth-order valence-corrected chi connectivity index (χ4v) is 2.96. The second kappa shape index (κ2) is 6.37. The fraction of sp³-hybridized carbons (Fsp3) is 0.438. The number of rotatable bonds is 5. The van der Waals surface area contributed by atoms with Gasteiger partial charge in [-0.15, -0.1) is 0 Å². The number of hydrogen-bond acceptors (Lipinski definition) is 5. The van der Waals surface area contributed by atoms with Crippen LogP contribution in [0.15, 0.2) is 18.2 Å². The van der Waals surface area contributed by atoms with Crippen molar-refractivity contribution in [3.63, 3.8) is 0 Å². The molecule has 0 spiro atoms. The van der Waals surface area contributed by atoms with E-state index in [0.717, 1.165) is 12.0 Å². The predicted octanol–water partition coefficient (Wildman–Crippen LogP) is 0.175. The van der Waals surface area contributed by atoms with E-state index >= 15 is 0 Å². The van der Waals surface area contributed by atoms with Gasteiger partial charge in [-0.05, 0) is 31.5 Å². The van der Waals surface area contributed by atoms with E-state index in [1.54, 1.807) is 12.1 Å². The second-order valence-electron chi connectivity index (χ2n) is 5.67. The summed E-state index contributed by atoms with van der Waals surface area (Å²) in [4.78, 5) is 37.4. The first-order valence-corrected chi connectivity index (χ1v) is 7.71. The zero-order valence-electron chi connectivity index (χ0n) is 12.7. The number of benzene rings is 1. The van der Waals surface area contributed by atoms with Crippen LogP contribution in [0.4, 0.5) is 0 Å². The molecule has 1 saturated heterocycles. The molecule has 2 heterocycles. The van der Waals surface area contributed by atoms with Crippen LogP contribution in [-0.2, 0) is 16.1 Å². The van der Waals surface area contributed by atoms with Crippen molar-refractivity contribution in [3.8, 4) is 5.75 Å². The summed E-state index contributed by atoms with van der Waals surface area (Å²) in [6, 6.07) is 4.71. The lowest BCUT2D eigenvalue weighted by molar-refractivity contribution is -0.136. The minimum absolute atomic E-state index is 0.196. The Hall–Kier alpha value is -2.41. The minimum Gasteiger partial charge on any atom is -0.493 e. The molecule has 3 rings (SSSR count). The highest BCUT2D eigenvalue weighted by molar-refractivity contribution is 6.05. The number of fused-ring (bicyclic) bond motifs is 1. The van der Waals surface area contributed by atoms with Crippen LogP contribution in [-0.4, -0.2) is 41.8 Å². The quantitative estimate of drug-likeness (QED) is 0.595. The molecular weight excluding hydrogens is 298 g/mol. The predicted molar refractivity (Wildman–Crippen MR) is 81.7 cm³/mol. The first kappa shape index (κ1) is 15.5. The Morgan fingerprint density at radius 1 is 1.30 bits per heavy atom. The van der Waals surface area contributed by atoms with Gasteiger partial charge < -0.3 is 15.4 Å². The molecule has 7 nitrogen and oxygen atoms in total. The SMILES string of the molecule is NCCCOc1cccc2c1CN(C1CCC(=O)NC1=O)C2=O. The van der Waals surface area contributed by atoms with E-state index in [1.807, 2.05) is 6.07 Å². The molecular formula is C16H19N3O4. The lowest BCUT2D eigenvalue weighted by Gasteiger charge is -2.29. The third-order valence-electron chi connectivity index (χ3n) is 4.15. The topological polar surface area (TPSA) is 102 Å². The van der Waals surface area contributed by atoms with Gasteiger partial charge in [0.15, 0.2) is 0 Å². The molecule has 7 heteroatoms. The molecule has 2 aliphatic rings. The van der Waals surface area contributed by atoms with Gasteiger partial charge in [0.05, 0.1) is 13.2 Å². The standard InChI is InChI=1S/C16H19N3O4/c17-7-2-8-23-13-4-1-3-10-11(13)9-19(16(10)22)12-5-6-14(20)18-15(12)21/h1,3-4,12H,2,5-9,17H2,(H,18,20,21). The molecule has 0 radical (unpaired) electrons. The van der Waals surface area contributed by atoms with Crippen molar-refractivity contribution >= 4 is 17.7 Å². The Labute approximate surface area is 133 Å². The molecule has 3 N–H and O–H groups in total. The van der Waals surface area contributed by atoms with Gasteiger partial charge in [0.1, 0.15) is 11.8 Å². The van der Waals surface area contributed by atoms with Crippen molar-refractivity contribution < 1.29 is 19.1 Å². The zero-order chi connectivity index (χ0) is 16.4. The molecule has 3 amide bonds. The number of nitrogens with two attached hydrogens (primary N) is 1. The summed E-state index contributed by atoms with van der Waals surface area (Å²) in [7, 11) is 0. The summed E-state index contributed by atoms with van der Waals surface area (Å²) in [5, 5.41) is 2.29. The molecule has 1 unspecified atom stereocenters. The van der Waals surface area contributed by atoms with Crippen molar-refractivity contribution in [2.24, 2.45) is 5.73 Å². The second-order valence-corrected chi connectivity index (χ2v) is 5.67. The smallest absolute Gasteiger partial charge is 0.255 e. The largest absolute Gasteiger partial charge is 0.493 e. The van der Waals surface area contributed by atoms with Crippen LogP contribution in [0.3, 0.4) is 0 Å². The van der Waals surface area contributed by atoms with Crippen molar-refractivity contribution in [1.29, 1.82) is 0 Å². The lowest BCUT2D eigenvalue weighted by Crippen LogP contribution is -2.52. The Kier molecular flexibility index (Phi) is 4.29. The van der Waals surface area contributed by atoms with E-state index < -0.39 is 11.9 Å². The molecule has 23 heavy (non-hydrogen) atoms. The third kappa shape index (κ3) is 2.92. The van der Waals surface area contributed by atoms with E-state index in [4.69, 9.17) is 10.5 Å². The van der Waals surface area contributed by atoms with Crippen molar-refractivity contribution in [2.75, 3.05) is 13.2 Å². The van der Waals surface area contributed by atoms with E-state index in [0.29, 0.717) is 37.4 Å². The molecule has 0 aromatic heterocycles. The maximum Gasteiger partial charge on any atom is 0.255 e. The van der Waals surface area contributed by atoms with Crippen LogP contribution in [0, 0.1) is 0 Å². The number of carbonyl (C=O) groups excluding carboxylic acids is 3. The molecule has 122 valence electrons. The Morgan fingerprint density at radius 2 is 2.13 bits per heavy atom.